The van der Waals surface area contributed by atoms with Gasteiger partial charge in [0.1, 0.15) is 18.1 Å². The summed E-state index contributed by atoms with van der Waals surface area (Å²) in [5.41, 5.74) is 1.52. The van der Waals surface area contributed by atoms with Crippen LogP contribution in [0.1, 0.15) is 5.56 Å². The zero-order chi connectivity index (χ0) is 19.5. The maximum atomic E-state index is 12.7. The third-order valence-corrected chi connectivity index (χ3v) is 5.01. The van der Waals surface area contributed by atoms with Crippen LogP contribution in [-0.2, 0) is 0 Å². The second-order valence-electron chi connectivity index (χ2n) is 5.95. The first kappa shape index (κ1) is 17.9. The summed E-state index contributed by atoms with van der Waals surface area (Å²) < 4.78 is 12.6. The van der Waals surface area contributed by atoms with Crippen molar-refractivity contribution in [1.29, 1.82) is 0 Å². The summed E-state index contributed by atoms with van der Waals surface area (Å²) in [6.45, 7) is 4.07. The fraction of sp³-hybridized carbons (Fsp3) is 0.0952. The number of hydrogen-bond donors (Lipinski definition) is 0. The van der Waals surface area contributed by atoms with Crippen molar-refractivity contribution in [3.63, 3.8) is 0 Å². The Kier molecular flexibility index (Phi) is 4.90. The van der Waals surface area contributed by atoms with E-state index in [0.29, 0.717) is 21.9 Å². The van der Waals surface area contributed by atoms with Crippen LogP contribution < -0.4 is 19.6 Å². The average Bonchev–Trinajstić information content (AvgIpc) is 3.26. The Morgan fingerprint density at radius 1 is 1.18 bits per heavy atom. The average molecular weight is 391 g/mol. The largest absolute Gasteiger partial charge is 0.497 e. The van der Waals surface area contributed by atoms with Crippen LogP contribution in [0.25, 0.3) is 22.4 Å². The monoisotopic (exact) mass is 391 g/mol. The standard InChI is InChI=1S/C21H17N3O3S/c1-3-11-27-16-9-7-15(8-10-16)19-22-21-24(23-19)20(25)18(28-21)13-14-5-4-6-17(12-14)26-2/h3-10,12-13H,1,11H2,2H3. The normalized spacial score (nSPS) is 11.7. The highest BCUT2D eigenvalue weighted by atomic mass is 32.1. The zero-order valence-electron chi connectivity index (χ0n) is 15.2. The first-order chi connectivity index (χ1) is 13.7. The molecule has 2 aromatic heterocycles. The highest BCUT2D eigenvalue weighted by Crippen LogP contribution is 2.20. The lowest BCUT2D eigenvalue weighted by Gasteiger charge is -2.02. The minimum atomic E-state index is -0.187. The highest BCUT2D eigenvalue weighted by molar-refractivity contribution is 7.15. The van der Waals surface area contributed by atoms with Gasteiger partial charge in [0, 0.05) is 5.56 Å². The maximum Gasteiger partial charge on any atom is 0.291 e. The topological polar surface area (TPSA) is 65.7 Å². The molecule has 0 aliphatic carbocycles. The van der Waals surface area contributed by atoms with Gasteiger partial charge in [0.15, 0.2) is 5.82 Å². The van der Waals surface area contributed by atoms with Gasteiger partial charge in [-0.25, -0.2) is 0 Å². The Morgan fingerprint density at radius 2 is 2.00 bits per heavy atom. The molecule has 2 aromatic carbocycles. The molecule has 4 rings (SSSR count). The van der Waals surface area contributed by atoms with E-state index in [4.69, 9.17) is 9.47 Å². The van der Waals surface area contributed by atoms with Crippen molar-refractivity contribution in [1.82, 2.24) is 14.6 Å². The van der Waals surface area contributed by atoms with Gasteiger partial charge in [-0.2, -0.15) is 9.50 Å². The minimum absolute atomic E-state index is 0.187. The van der Waals surface area contributed by atoms with E-state index in [0.717, 1.165) is 22.6 Å². The summed E-state index contributed by atoms with van der Waals surface area (Å²) in [6.07, 6.45) is 3.51. The third-order valence-electron chi connectivity index (χ3n) is 4.05. The SMILES string of the molecule is C=CCOc1ccc(-c2nc3sc(=Cc4cccc(OC)c4)c(=O)n3n2)cc1. The molecule has 4 aromatic rings. The third kappa shape index (κ3) is 3.52. The first-order valence-corrected chi connectivity index (χ1v) is 9.39. The molecule has 28 heavy (non-hydrogen) atoms. The van der Waals surface area contributed by atoms with Crippen LogP contribution in [0.3, 0.4) is 0 Å². The molecule has 0 saturated carbocycles. The molecule has 0 aliphatic heterocycles. The Balaban J connectivity index is 1.67. The molecule has 6 nitrogen and oxygen atoms in total. The fourth-order valence-electron chi connectivity index (χ4n) is 2.69. The molecule has 0 radical (unpaired) electrons. The van der Waals surface area contributed by atoms with Gasteiger partial charge in [-0.15, -0.1) is 5.10 Å². The molecule has 0 spiro atoms. The molecular weight excluding hydrogens is 374 g/mol. The van der Waals surface area contributed by atoms with Crippen LogP contribution in [-0.4, -0.2) is 28.3 Å². The molecule has 0 atom stereocenters. The number of benzene rings is 2. The van der Waals surface area contributed by atoms with Gasteiger partial charge in [0.25, 0.3) is 5.56 Å². The Hall–Kier alpha value is -3.45. The van der Waals surface area contributed by atoms with Crippen LogP contribution in [0.15, 0.2) is 66.0 Å². The summed E-state index contributed by atoms with van der Waals surface area (Å²) in [5, 5.41) is 4.37. The Morgan fingerprint density at radius 3 is 2.71 bits per heavy atom. The minimum Gasteiger partial charge on any atom is -0.497 e. The Bertz CT molecular complexity index is 1240. The lowest BCUT2D eigenvalue weighted by atomic mass is 10.2. The molecule has 0 fully saturated rings. The number of ether oxygens (including phenoxy) is 2. The van der Waals surface area contributed by atoms with Gasteiger partial charge in [-0.3, -0.25) is 4.79 Å². The second kappa shape index (κ2) is 7.66. The van der Waals surface area contributed by atoms with E-state index in [1.807, 2.05) is 54.6 Å². The lowest BCUT2D eigenvalue weighted by Crippen LogP contribution is -2.23. The van der Waals surface area contributed by atoms with Crippen LogP contribution in [0.5, 0.6) is 11.5 Å². The molecule has 7 heteroatoms. The fourth-order valence-corrected chi connectivity index (χ4v) is 3.60. The molecule has 0 saturated heterocycles. The van der Waals surface area contributed by atoms with Gasteiger partial charge < -0.3 is 9.47 Å². The van der Waals surface area contributed by atoms with Gasteiger partial charge in [0.2, 0.25) is 4.96 Å². The maximum absolute atomic E-state index is 12.7. The van der Waals surface area contributed by atoms with Crippen molar-refractivity contribution in [2.24, 2.45) is 0 Å². The van der Waals surface area contributed by atoms with Gasteiger partial charge >= 0.3 is 0 Å². The number of rotatable bonds is 6. The van der Waals surface area contributed by atoms with E-state index in [1.165, 1.54) is 15.9 Å². The summed E-state index contributed by atoms with van der Waals surface area (Å²) in [6, 6.07) is 14.9. The van der Waals surface area contributed by atoms with Crippen LogP contribution in [0.4, 0.5) is 0 Å². The number of hydrogen-bond acceptors (Lipinski definition) is 6. The predicted molar refractivity (Wildman–Crippen MR) is 110 cm³/mol. The molecule has 2 heterocycles. The smallest absolute Gasteiger partial charge is 0.291 e. The van der Waals surface area contributed by atoms with Crippen molar-refractivity contribution in [2.75, 3.05) is 13.7 Å². The first-order valence-electron chi connectivity index (χ1n) is 8.57. The molecule has 0 N–H and O–H groups in total. The predicted octanol–water partition coefficient (Wildman–Crippen LogP) is 2.94. The number of aromatic nitrogens is 3. The summed E-state index contributed by atoms with van der Waals surface area (Å²) in [7, 11) is 1.61. The lowest BCUT2D eigenvalue weighted by molar-refractivity contribution is 0.363. The van der Waals surface area contributed by atoms with E-state index in [9.17, 15) is 4.79 Å². The van der Waals surface area contributed by atoms with Crippen LogP contribution >= 0.6 is 11.3 Å². The van der Waals surface area contributed by atoms with Crippen LogP contribution in [0.2, 0.25) is 0 Å². The van der Waals surface area contributed by atoms with Crippen molar-refractivity contribution in [3.05, 3.63) is 81.6 Å². The highest BCUT2D eigenvalue weighted by Gasteiger charge is 2.12. The molecule has 0 amide bonds. The Labute approximate surface area is 165 Å². The van der Waals surface area contributed by atoms with Gasteiger partial charge in [-0.05, 0) is 48.0 Å². The van der Waals surface area contributed by atoms with Crippen molar-refractivity contribution in [2.45, 2.75) is 0 Å². The molecule has 0 unspecified atom stereocenters. The number of nitrogens with zero attached hydrogens (tertiary/aromatic N) is 3. The van der Waals surface area contributed by atoms with E-state index < -0.39 is 0 Å². The summed E-state index contributed by atoms with van der Waals surface area (Å²) >= 11 is 1.31. The molecular formula is C21H17N3O3S. The van der Waals surface area contributed by atoms with Crippen molar-refractivity contribution in [3.8, 4) is 22.9 Å². The second-order valence-corrected chi connectivity index (χ2v) is 6.96. The molecule has 140 valence electrons. The molecule has 0 aliphatic rings. The number of methoxy groups -OCH3 is 1. The quantitative estimate of drug-likeness (QED) is 0.473. The van der Waals surface area contributed by atoms with E-state index >= 15 is 0 Å². The summed E-state index contributed by atoms with van der Waals surface area (Å²) in [5.74, 6) is 1.99. The summed E-state index contributed by atoms with van der Waals surface area (Å²) in [4.78, 5) is 17.7. The van der Waals surface area contributed by atoms with E-state index in [-0.39, 0.29) is 5.56 Å². The molecule has 0 bridgehead atoms. The van der Waals surface area contributed by atoms with Crippen molar-refractivity contribution < 1.29 is 9.47 Å². The van der Waals surface area contributed by atoms with Gasteiger partial charge in [0.05, 0.1) is 11.6 Å². The number of fused-ring (bicyclic) bond motifs is 1. The van der Waals surface area contributed by atoms with E-state index in [1.54, 1.807) is 13.2 Å². The van der Waals surface area contributed by atoms with Gasteiger partial charge in [-0.1, -0.05) is 36.1 Å². The number of thiazole rings is 1. The zero-order valence-corrected chi connectivity index (χ0v) is 16.0. The van der Waals surface area contributed by atoms with Crippen LogP contribution in [0, 0.1) is 0 Å². The van der Waals surface area contributed by atoms with Crippen molar-refractivity contribution >= 4 is 22.4 Å². The van der Waals surface area contributed by atoms with E-state index in [2.05, 4.69) is 16.7 Å².